The molecule has 0 aromatic carbocycles. The number of nitrogens with one attached hydrogen (secondary N) is 1. The second-order valence-corrected chi connectivity index (χ2v) is 3.96. The zero-order valence-corrected chi connectivity index (χ0v) is 9.32. The summed E-state index contributed by atoms with van der Waals surface area (Å²) >= 11 is 3.24. The molecule has 1 aromatic heterocycles. The fourth-order valence-electron chi connectivity index (χ4n) is 1.37. The van der Waals surface area contributed by atoms with E-state index in [1.807, 2.05) is 6.07 Å². The van der Waals surface area contributed by atoms with Crippen molar-refractivity contribution < 1.29 is 9.59 Å². The Morgan fingerprint density at radius 2 is 1.93 bits per heavy atom. The van der Waals surface area contributed by atoms with Crippen LogP contribution in [0.3, 0.4) is 0 Å². The normalized spacial score (nSPS) is 16.5. The fourth-order valence-corrected chi connectivity index (χ4v) is 1.71. The summed E-state index contributed by atoms with van der Waals surface area (Å²) in [4.78, 5) is 28.1. The molecule has 0 saturated carbocycles. The third kappa shape index (κ3) is 2.33. The van der Waals surface area contributed by atoms with Crippen LogP contribution in [0.4, 0.5) is 5.82 Å². The van der Waals surface area contributed by atoms with E-state index in [0.717, 1.165) is 0 Å². The Labute approximate surface area is 94.6 Å². The molecule has 78 valence electrons. The Morgan fingerprint density at radius 3 is 2.53 bits per heavy atom. The lowest BCUT2D eigenvalue weighted by atomic mass is 10.3. The summed E-state index contributed by atoms with van der Waals surface area (Å²) in [5, 5.41) is 2.23. The van der Waals surface area contributed by atoms with Crippen LogP contribution < -0.4 is 10.2 Å². The van der Waals surface area contributed by atoms with Crippen molar-refractivity contribution in [2.75, 3.05) is 18.0 Å². The van der Waals surface area contributed by atoms with Crippen LogP contribution in [0.25, 0.3) is 0 Å². The Bertz CT molecular complexity index is 406. The molecule has 2 amide bonds. The average molecular weight is 270 g/mol. The van der Waals surface area contributed by atoms with Crippen molar-refractivity contribution in [3.63, 3.8) is 0 Å². The molecule has 0 bridgehead atoms. The molecule has 0 spiro atoms. The lowest BCUT2D eigenvalue weighted by molar-refractivity contribution is -0.130. The Balaban J connectivity index is 2.23. The number of anilines is 1. The van der Waals surface area contributed by atoms with Crippen molar-refractivity contribution in [2.24, 2.45) is 0 Å². The first-order valence-electron chi connectivity index (χ1n) is 4.35. The van der Waals surface area contributed by atoms with Crippen LogP contribution in [0.15, 0.2) is 22.8 Å². The summed E-state index contributed by atoms with van der Waals surface area (Å²) in [6, 6.07) is 5.36. The van der Waals surface area contributed by atoms with E-state index in [-0.39, 0.29) is 24.9 Å². The van der Waals surface area contributed by atoms with Gasteiger partial charge in [0, 0.05) is 0 Å². The number of imide groups is 1. The first kappa shape index (κ1) is 10.1. The number of halogens is 1. The third-order valence-corrected chi connectivity index (χ3v) is 2.41. The third-order valence-electron chi connectivity index (χ3n) is 1.97. The summed E-state index contributed by atoms with van der Waals surface area (Å²) in [7, 11) is 0. The lowest BCUT2D eigenvalue weighted by Crippen LogP contribution is -2.51. The molecule has 1 saturated heterocycles. The zero-order chi connectivity index (χ0) is 10.8. The van der Waals surface area contributed by atoms with Crippen LogP contribution in [0.1, 0.15) is 0 Å². The number of carbonyl (C=O) groups excluding carboxylic acids is 2. The van der Waals surface area contributed by atoms with Gasteiger partial charge in [-0.2, -0.15) is 0 Å². The Kier molecular flexibility index (Phi) is 2.68. The van der Waals surface area contributed by atoms with Gasteiger partial charge in [0.25, 0.3) is 0 Å². The number of hydrogen-bond acceptors (Lipinski definition) is 4. The zero-order valence-electron chi connectivity index (χ0n) is 7.74. The molecule has 1 aliphatic heterocycles. The van der Waals surface area contributed by atoms with Gasteiger partial charge in [0.2, 0.25) is 11.8 Å². The Hall–Kier alpha value is -1.43. The quantitative estimate of drug-likeness (QED) is 0.589. The minimum Gasteiger partial charge on any atom is -0.338 e. The van der Waals surface area contributed by atoms with Crippen molar-refractivity contribution in [2.45, 2.75) is 0 Å². The van der Waals surface area contributed by atoms with E-state index in [0.29, 0.717) is 10.4 Å². The van der Waals surface area contributed by atoms with E-state index in [1.165, 1.54) is 0 Å². The van der Waals surface area contributed by atoms with Crippen LogP contribution in [-0.4, -0.2) is 29.9 Å². The van der Waals surface area contributed by atoms with Gasteiger partial charge in [-0.25, -0.2) is 4.98 Å². The molecule has 5 nitrogen and oxygen atoms in total. The topological polar surface area (TPSA) is 62.3 Å². The van der Waals surface area contributed by atoms with Crippen LogP contribution in [0.5, 0.6) is 0 Å². The molecule has 0 aliphatic carbocycles. The largest absolute Gasteiger partial charge is 0.338 e. The van der Waals surface area contributed by atoms with E-state index in [4.69, 9.17) is 0 Å². The van der Waals surface area contributed by atoms with Crippen molar-refractivity contribution in [3.05, 3.63) is 22.8 Å². The first-order valence-corrected chi connectivity index (χ1v) is 5.14. The molecular weight excluding hydrogens is 262 g/mol. The van der Waals surface area contributed by atoms with Gasteiger partial charge in [-0.3, -0.25) is 14.9 Å². The van der Waals surface area contributed by atoms with Gasteiger partial charge in [0.1, 0.15) is 10.4 Å². The standard InChI is InChI=1S/C9H8BrN3O2/c10-6-2-1-3-7(11-6)13-4-8(14)12-9(15)5-13/h1-3H,4-5H2,(H,12,14,15). The number of piperazine rings is 1. The summed E-state index contributed by atoms with van der Waals surface area (Å²) in [5.41, 5.74) is 0. The van der Waals surface area contributed by atoms with Gasteiger partial charge in [-0.15, -0.1) is 0 Å². The highest BCUT2D eigenvalue weighted by Gasteiger charge is 2.23. The van der Waals surface area contributed by atoms with Crippen molar-refractivity contribution in [1.82, 2.24) is 10.3 Å². The molecule has 1 aliphatic rings. The molecule has 1 fully saturated rings. The number of carbonyl (C=O) groups is 2. The number of rotatable bonds is 1. The number of amides is 2. The number of hydrogen-bond donors (Lipinski definition) is 1. The molecule has 2 rings (SSSR count). The number of nitrogens with zero attached hydrogens (tertiary/aromatic N) is 2. The predicted molar refractivity (Wildman–Crippen MR) is 57.3 cm³/mol. The van der Waals surface area contributed by atoms with Gasteiger partial charge < -0.3 is 4.90 Å². The van der Waals surface area contributed by atoms with E-state index >= 15 is 0 Å². The maximum atomic E-state index is 11.1. The van der Waals surface area contributed by atoms with Gasteiger partial charge in [0.15, 0.2) is 0 Å². The minimum absolute atomic E-state index is 0.162. The highest BCUT2D eigenvalue weighted by Crippen LogP contribution is 2.15. The first-order chi connectivity index (χ1) is 7.15. The van der Waals surface area contributed by atoms with E-state index in [9.17, 15) is 9.59 Å². The van der Waals surface area contributed by atoms with Gasteiger partial charge in [-0.05, 0) is 28.1 Å². The highest BCUT2D eigenvalue weighted by atomic mass is 79.9. The molecule has 1 aromatic rings. The maximum absolute atomic E-state index is 11.1. The SMILES string of the molecule is O=C1CN(c2cccc(Br)n2)CC(=O)N1. The number of pyridine rings is 1. The van der Waals surface area contributed by atoms with E-state index < -0.39 is 0 Å². The van der Waals surface area contributed by atoms with Crippen LogP contribution in [0.2, 0.25) is 0 Å². The molecule has 15 heavy (non-hydrogen) atoms. The van der Waals surface area contributed by atoms with Gasteiger partial charge in [0.05, 0.1) is 13.1 Å². The van der Waals surface area contributed by atoms with Crippen molar-refractivity contribution >= 4 is 33.6 Å². The highest BCUT2D eigenvalue weighted by molar-refractivity contribution is 9.10. The predicted octanol–water partition coefficient (Wildman–Crippen LogP) is 0.307. The average Bonchev–Trinajstić information content (AvgIpc) is 2.16. The number of aromatic nitrogens is 1. The van der Waals surface area contributed by atoms with E-state index in [2.05, 4.69) is 26.2 Å². The molecule has 1 N–H and O–H groups in total. The van der Waals surface area contributed by atoms with Crippen molar-refractivity contribution in [3.8, 4) is 0 Å². The van der Waals surface area contributed by atoms with Crippen LogP contribution in [-0.2, 0) is 9.59 Å². The summed E-state index contributed by atoms with van der Waals surface area (Å²) in [6.45, 7) is 0.324. The van der Waals surface area contributed by atoms with Gasteiger partial charge >= 0.3 is 0 Å². The van der Waals surface area contributed by atoms with Gasteiger partial charge in [-0.1, -0.05) is 6.07 Å². The maximum Gasteiger partial charge on any atom is 0.246 e. The molecule has 0 unspecified atom stereocenters. The smallest absolute Gasteiger partial charge is 0.246 e. The molecular formula is C9H8BrN3O2. The van der Waals surface area contributed by atoms with Crippen molar-refractivity contribution in [1.29, 1.82) is 0 Å². The monoisotopic (exact) mass is 269 g/mol. The van der Waals surface area contributed by atoms with Crippen LogP contribution in [0, 0.1) is 0 Å². The lowest BCUT2D eigenvalue weighted by Gasteiger charge is -2.26. The molecule has 0 radical (unpaired) electrons. The summed E-state index contributed by atoms with van der Waals surface area (Å²) in [6.07, 6.45) is 0. The summed E-state index contributed by atoms with van der Waals surface area (Å²) in [5.74, 6) is 0.0219. The molecule has 2 heterocycles. The fraction of sp³-hybridized carbons (Fsp3) is 0.222. The summed E-state index contributed by atoms with van der Waals surface area (Å²) < 4.78 is 0.679. The molecule has 0 atom stereocenters. The second kappa shape index (κ2) is 3.98. The molecule has 6 heteroatoms. The second-order valence-electron chi connectivity index (χ2n) is 3.15. The minimum atomic E-state index is -0.298. The van der Waals surface area contributed by atoms with Crippen LogP contribution >= 0.6 is 15.9 Å². The van der Waals surface area contributed by atoms with E-state index in [1.54, 1.807) is 17.0 Å². The Morgan fingerprint density at radius 1 is 1.27 bits per heavy atom.